The summed E-state index contributed by atoms with van der Waals surface area (Å²) in [5.41, 5.74) is 1.88. The lowest BCUT2D eigenvalue weighted by molar-refractivity contribution is -0.116. The third-order valence-electron chi connectivity index (χ3n) is 6.10. The highest BCUT2D eigenvalue weighted by molar-refractivity contribution is 6.10. The number of carbonyl (C=O) groups is 2. The molecule has 1 N–H and O–H groups in total. The molecule has 1 amide bonds. The molecule has 36 heavy (non-hydrogen) atoms. The molecule has 0 atom stereocenters. The molecule has 0 saturated carbocycles. The number of ketones is 1. The Morgan fingerprint density at radius 3 is 2.28 bits per heavy atom. The Balaban J connectivity index is 1.40. The first-order chi connectivity index (χ1) is 17.5. The van der Waals surface area contributed by atoms with Crippen LogP contribution in [0, 0.1) is 6.92 Å². The van der Waals surface area contributed by atoms with Crippen LogP contribution in [-0.4, -0.2) is 29.8 Å². The summed E-state index contributed by atoms with van der Waals surface area (Å²) in [6.45, 7) is 1.92. The third kappa shape index (κ3) is 3.80. The summed E-state index contributed by atoms with van der Waals surface area (Å²) in [7, 11) is 0. The quantitative estimate of drug-likeness (QED) is 0.431. The van der Waals surface area contributed by atoms with Gasteiger partial charge in [-0.25, -0.2) is 0 Å². The van der Waals surface area contributed by atoms with E-state index in [9.17, 15) is 14.4 Å². The van der Waals surface area contributed by atoms with Crippen molar-refractivity contribution in [2.45, 2.75) is 13.5 Å². The molecule has 3 aromatic carbocycles. The molecule has 0 unspecified atom stereocenters. The number of aryl methyl sites for hydroxylation is 1. The molecule has 9 heteroatoms. The predicted octanol–water partition coefficient (Wildman–Crippen LogP) is 3.64. The number of ether oxygens (including phenoxy) is 4. The van der Waals surface area contributed by atoms with Gasteiger partial charge >= 0.3 is 0 Å². The number of anilines is 1. The van der Waals surface area contributed by atoms with Crippen LogP contribution in [-0.2, 0) is 11.3 Å². The summed E-state index contributed by atoms with van der Waals surface area (Å²) >= 11 is 0. The van der Waals surface area contributed by atoms with Gasteiger partial charge in [0.1, 0.15) is 6.54 Å². The van der Waals surface area contributed by atoms with Gasteiger partial charge in [0.15, 0.2) is 28.8 Å². The first kappa shape index (κ1) is 21.7. The molecule has 6 rings (SSSR count). The second kappa shape index (κ2) is 8.46. The van der Waals surface area contributed by atoms with Crippen molar-refractivity contribution in [3.05, 3.63) is 87.7 Å². The van der Waals surface area contributed by atoms with Gasteiger partial charge in [0.05, 0.1) is 16.5 Å². The molecule has 0 aliphatic carbocycles. The summed E-state index contributed by atoms with van der Waals surface area (Å²) < 4.78 is 23.2. The number of carbonyl (C=O) groups excluding carboxylic acids is 2. The number of pyridine rings is 1. The highest BCUT2D eigenvalue weighted by atomic mass is 16.7. The van der Waals surface area contributed by atoms with Crippen molar-refractivity contribution in [2.24, 2.45) is 0 Å². The topological polar surface area (TPSA) is 105 Å². The maximum atomic E-state index is 13.4. The van der Waals surface area contributed by atoms with E-state index in [4.69, 9.17) is 18.9 Å². The van der Waals surface area contributed by atoms with E-state index >= 15 is 0 Å². The van der Waals surface area contributed by atoms with Crippen molar-refractivity contribution in [3.63, 3.8) is 0 Å². The van der Waals surface area contributed by atoms with E-state index in [1.54, 1.807) is 47.0 Å². The van der Waals surface area contributed by atoms with E-state index in [1.807, 2.05) is 19.1 Å². The number of benzene rings is 3. The molecule has 0 fully saturated rings. The van der Waals surface area contributed by atoms with Crippen LogP contribution in [0.15, 0.2) is 65.6 Å². The van der Waals surface area contributed by atoms with Crippen LogP contribution in [0.3, 0.4) is 0 Å². The first-order valence-electron chi connectivity index (χ1n) is 11.2. The highest BCUT2D eigenvalue weighted by Gasteiger charge is 2.23. The van der Waals surface area contributed by atoms with E-state index in [2.05, 4.69) is 5.32 Å². The fraction of sp³-hybridized carbons (Fsp3) is 0.148. The van der Waals surface area contributed by atoms with Gasteiger partial charge in [0, 0.05) is 29.6 Å². The molecule has 3 heterocycles. The summed E-state index contributed by atoms with van der Waals surface area (Å²) in [5, 5.41) is 3.08. The zero-order valence-electron chi connectivity index (χ0n) is 19.2. The van der Waals surface area contributed by atoms with Gasteiger partial charge in [0.25, 0.3) is 0 Å². The van der Waals surface area contributed by atoms with Crippen molar-refractivity contribution in [2.75, 3.05) is 18.9 Å². The normalized spacial score (nSPS) is 13.1. The Hall–Kier alpha value is -4.79. The molecular weight excluding hydrogens is 464 g/mol. The van der Waals surface area contributed by atoms with Crippen molar-refractivity contribution >= 4 is 28.3 Å². The fourth-order valence-electron chi connectivity index (χ4n) is 4.26. The Morgan fingerprint density at radius 2 is 1.53 bits per heavy atom. The number of rotatable bonds is 5. The van der Waals surface area contributed by atoms with Crippen LogP contribution in [0.25, 0.3) is 10.9 Å². The molecule has 0 radical (unpaired) electrons. The first-order valence-corrected chi connectivity index (χ1v) is 11.2. The van der Waals surface area contributed by atoms with Crippen molar-refractivity contribution < 1.29 is 28.5 Å². The SMILES string of the molecule is Cc1ccc(C(=O)c2cn(CC(=O)Nc3ccc4c(c3)OCO4)c3cc4c(cc3c2=O)OCO4)cc1. The van der Waals surface area contributed by atoms with Crippen LogP contribution >= 0.6 is 0 Å². The fourth-order valence-corrected chi connectivity index (χ4v) is 4.26. The van der Waals surface area contributed by atoms with Crippen molar-refractivity contribution in [1.29, 1.82) is 0 Å². The average molecular weight is 484 g/mol. The molecule has 0 saturated heterocycles. The number of nitrogens with zero attached hydrogens (tertiary/aromatic N) is 1. The molecule has 4 aromatic rings. The van der Waals surface area contributed by atoms with Crippen molar-refractivity contribution in [1.82, 2.24) is 4.57 Å². The largest absolute Gasteiger partial charge is 0.454 e. The lowest BCUT2D eigenvalue weighted by atomic mass is 10.0. The molecule has 1 aromatic heterocycles. The van der Waals surface area contributed by atoms with Crippen LogP contribution in [0.4, 0.5) is 5.69 Å². The Labute approximate surface area is 204 Å². The number of fused-ring (bicyclic) bond motifs is 3. The molecule has 180 valence electrons. The maximum Gasteiger partial charge on any atom is 0.244 e. The van der Waals surface area contributed by atoms with E-state index in [-0.39, 0.29) is 37.0 Å². The number of hydrogen-bond acceptors (Lipinski definition) is 7. The minimum Gasteiger partial charge on any atom is -0.454 e. The predicted molar refractivity (Wildman–Crippen MR) is 130 cm³/mol. The lowest BCUT2D eigenvalue weighted by Gasteiger charge is -2.14. The molecule has 0 spiro atoms. The van der Waals surface area contributed by atoms with Crippen LogP contribution in [0.1, 0.15) is 21.5 Å². The van der Waals surface area contributed by atoms with Gasteiger partial charge in [-0.05, 0) is 25.1 Å². The Morgan fingerprint density at radius 1 is 0.861 bits per heavy atom. The van der Waals surface area contributed by atoms with Gasteiger partial charge in [-0.3, -0.25) is 14.4 Å². The monoisotopic (exact) mass is 484 g/mol. The summed E-state index contributed by atoms with van der Waals surface area (Å²) in [6.07, 6.45) is 1.42. The van der Waals surface area contributed by atoms with Gasteiger partial charge in [-0.15, -0.1) is 0 Å². The number of hydrogen-bond donors (Lipinski definition) is 1. The summed E-state index contributed by atoms with van der Waals surface area (Å²) in [5.74, 6) is 1.24. The van der Waals surface area contributed by atoms with Gasteiger partial charge in [-0.1, -0.05) is 29.8 Å². The number of amides is 1. The van der Waals surface area contributed by atoms with E-state index in [0.717, 1.165) is 5.56 Å². The van der Waals surface area contributed by atoms with Crippen LogP contribution < -0.4 is 29.7 Å². The van der Waals surface area contributed by atoms with E-state index in [1.165, 1.54) is 6.20 Å². The average Bonchev–Trinajstić information content (AvgIpc) is 3.53. The second-order valence-electron chi connectivity index (χ2n) is 8.53. The van der Waals surface area contributed by atoms with Gasteiger partial charge < -0.3 is 28.8 Å². The summed E-state index contributed by atoms with van der Waals surface area (Å²) in [6, 6.07) is 15.3. The van der Waals surface area contributed by atoms with E-state index in [0.29, 0.717) is 39.8 Å². The maximum absolute atomic E-state index is 13.4. The number of nitrogens with one attached hydrogen (secondary N) is 1. The lowest BCUT2D eigenvalue weighted by Crippen LogP contribution is -2.24. The molecule has 0 bridgehead atoms. The molecule has 2 aliphatic heterocycles. The minimum atomic E-state index is -0.443. The molecule has 9 nitrogen and oxygen atoms in total. The standard InChI is InChI=1S/C27H20N2O7/c1-15-2-4-16(5-3-15)26(31)19-11-29(20-10-24-23(35-14-36-24)9-18(20)27(19)32)12-25(30)28-17-6-7-21-22(8-17)34-13-33-21/h2-11H,12-14H2,1H3,(H,28,30). The van der Waals surface area contributed by atoms with Crippen LogP contribution in [0.2, 0.25) is 0 Å². The second-order valence-corrected chi connectivity index (χ2v) is 8.53. The van der Waals surface area contributed by atoms with Crippen LogP contribution in [0.5, 0.6) is 23.0 Å². The summed E-state index contributed by atoms with van der Waals surface area (Å²) in [4.78, 5) is 39.7. The zero-order valence-corrected chi connectivity index (χ0v) is 19.2. The van der Waals surface area contributed by atoms with Crippen molar-refractivity contribution in [3.8, 4) is 23.0 Å². The van der Waals surface area contributed by atoms with E-state index < -0.39 is 11.2 Å². The van der Waals surface area contributed by atoms with Gasteiger partial charge in [0.2, 0.25) is 24.9 Å². The highest BCUT2D eigenvalue weighted by Crippen LogP contribution is 2.36. The Kier molecular flexibility index (Phi) is 5.10. The smallest absolute Gasteiger partial charge is 0.244 e. The molecule has 2 aliphatic rings. The third-order valence-corrected chi connectivity index (χ3v) is 6.10. The Bertz CT molecular complexity index is 1610. The zero-order chi connectivity index (χ0) is 24.8. The van der Waals surface area contributed by atoms with Gasteiger partial charge in [-0.2, -0.15) is 0 Å². The minimum absolute atomic E-state index is 0.0274. The molecular formula is C27H20N2O7. The number of aromatic nitrogens is 1.